The van der Waals surface area contributed by atoms with Gasteiger partial charge in [-0.2, -0.15) is 0 Å². The predicted octanol–water partition coefficient (Wildman–Crippen LogP) is 2.97. The molecule has 0 aromatic heterocycles. The number of hydrogen-bond donors (Lipinski definition) is 1. The third-order valence-electron chi connectivity index (χ3n) is 2.42. The van der Waals surface area contributed by atoms with Gasteiger partial charge in [0.1, 0.15) is 5.75 Å². The number of ether oxygens (including phenoxy) is 1. The summed E-state index contributed by atoms with van der Waals surface area (Å²) in [6.45, 7) is 7.89. The quantitative estimate of drug-likeness (QED) is 0.767. The largest absolute Gasteiger partial charge is 0.496 e. The van der Waals surface area contributed by atoms with Crippen molar-refractivity contribution < 1.29 is 4.74 Å². The molecule has 2 N–H and O–H groups in total. The predicted molar refractivity (Wildman–Crippen MR) is 64.1 cm³/mol. The summed E-state index contributed by atoms with van der Waals surface area (Å²) in [5.74, 6) is 0.904. The lowest BCUT2D eigenvalue weighted by atomic mass is 9.99. The van der Waals surface area contributed by atoms with Crippen LogP contribution in [0, 0.1) is 6.92 Å². The van der Waals surface area contributed by atoms with E-state index in [9.17, 15) is 0 Å². The fraction of sp³-hybridized carbons (Fsp3) is 0.385. The first-order valence-electron chi connectivity index (χ1n) is 5.09. The Hall–Kier alpha value is -1.28. The molecule has 0 saturated heterocycles. The summed E-state index contributed by atoms with van der Waals surface area (Å²) in [6.07, 6.45) is 0.825. The van der Waals surface area contributed by atoms with Crippen molar-refractivity contribution in [2.24, 2.45) is 5.73 Å². The highest BCUT2D eigenvalue weighted by atomic mass is 16.5. The molecular formula is C13H19NO. The highest BCUT2D eigenvalue weighted by Crippen LogP contribution is 2.24. The van der Waals surface area contributed by atoms with Crippen molar-refractivity contribution >= 4 is 0 Å². The maximum atomic E-state index is 6.05. The maximum Gasteiger partial charge on any atom is 0.121 e. The van der Waals surface area contributed by atoms with Crippen LogP contribution in [0.2, 0.25) is 0 Å². The first kappa shape index (κ1) is 11.8. The van der Waals surface area contributed by atoms with E-state index >= 15 is 0 Å². The van der Waals surface area contributed by atoms with Crippen molar-refractivity contribution in [3.05, 3.63) is 41.5 Å². The monoisotopic (exact) mass is 205 g/mol. The SMILES string of the molecule is C=C(C)C[C@@H](N)c1ccc(OC)c(C)c1. The van der Waals surface area contributed by atoms with E-state index in [4.69, 9.17) is 10.5 Å². The van der Waals surface area contributed by atoms with E-state index in [0.717, 1.165) is 28.9 Å². The molecule has 0 bridgehead atoms. The van der Waals surface area contributed by atoms with Crippen molar-refractivity contribution in [1.82, 2.24) is 0 Å². The third-order valence-corrected chi connectivity index (χ3v) is 2.42. The van der Waals surface area contributed by atoms with Gasteiger partial charge in [-0.05, 0) is 37.5 Å². The molecule has 0 saturated carbocycles. The zero-order valence-corrected chi connectivity index (χ0v) is 9.71. The molecule has 1 aromatic carbocycles. The molecule has 2 nitrogen and oxygen atoms in total. The van der Waals surface area contributed by atoms with Gasteiger partial charge in [0, 0.05) is 6.04 Å². The first-order valence-corrected chi connectivity index (χ1v) is 5.09. The Morgan fingerprint density at radius 1 is 1.53 bits per heavy atom. The highest BCUT2D eigenvalue weighted by Gasteiger charge is 2.07. The summed E-state index contributed by atoms with van der Waals surface area (Å²) in [6, 6.07) is 6.08. The van der Waals surface area contributed by atoms with E-state index in [1.807, 2.05) is 26.0 Å². The molecule has 0 aliphatic carbocycles. The van der Waals surface area contributed by atoms with Crippen LogP contribution in [0.25, 0.3) is 0 Å². The van der Waals surface area contributed by atoms with E-state index in [-0.39, 0.29) is 6.04 Å². The van der Waals surface area contributed by atoms with Crippen LogP contribution in [0.5, 0.6) is 5.75 Å². The molecule has 15 heavy (non-hydrogen) atoms. The fourth-order valence-electron chi connectivity index (χ4n) is 1.63. The van der Waals surface area contributed by atoms with Gasteiger partial charge in [-0.25, -0.2) is 0 Å². The third kappa shape index (κ3) is 3.10. The number of aryl methyl sites for hydroxylation is 1. The lowest BCUT2D eigenvalue weighted by Gasteiger charge is -2.14. The van der Waals surface area contributed by atoms with Crippen molar-refractivity contribution in [1.29, 1.82) is 0 Å². The Morgan fingerprint density at radius 3 is 2.67 bits per heavy atom. The second kappa shape index (κ2) is 4.99. The summed E-state index contributed by atoms with van der Waals surface area (Å²) in [7, 11) is 1.68. The molecule has 0 spiro atoms. The molecule has 2 heteroatoms. The molecule has 1 rings (SSSR count). The van der Waals surface area contributed by atoms with Crippen LogP contribution in [0.1, 0.15) is 30.5 Å². The molecular weight excluding hydrogens is 186 g/mol. The fourth-order valence-corrected chi connectivity index (χ4v) is 1.63. The molecule has 1 atom stereocenters. The highest BCUT2D eigenvalue weighted by molar-refractivity contribution is 5.37. The maximum absolute atomic E-state index is 6.05. The Kier molecular flexibility index (Phi) is 3.92. The summed E-state index contributed by atoms with van der Waals surface area (Å²) in [4.78, 5) is 0. The Morgan fingerprint density at radius 2 is 2.20 bits per heavy atom. The van der Waals surface area contributed by atoms with Gasteiger partial charge in [0.2, 0.25) is 0 Å². The molecule has 0 amide bonds. The van der Waals surface area contributed by atoms with E-state index in [1.54, 1.807) is 7.11 Å². The average Bonchev–Trinajstić information content (AvgIpc) is 2.16. The normalized spacial score (nSPS) is 12.3. The van der Waals surface area contributed by atoms with E-state index in [1.165, 1.54) is 0 Å². The van der Waals surface area contributed by atoms with E-state index in [2.05, 4.69) is 12.6 Å². The van der Waals surface area contributed by atoms with Crippen LogP contribution in [0.15, 0.2) is 30.4 Å². The van der Waals surface area contributed by atoms with Gasteiger partial charge in [-0.15, -0.1) is 6.58 Å². The minimum Gasteiger partial charge on any atom is -0.496 e. The van der Waals surface area contributed by atoms with Crippen molar-refractivity contribution in [3.8, 4) is 5.75 Å². The Bertz CT molecular complexity index is 358. The van der Waals surface area contributed by atoms with Gasteiger partial charge in [-0.1, -0.05) is 17.7 Å². The number of rotatable bonds is 4. The minimum absolute atomic E-state index is 0.0344. The van der Waals surface area contributed by atoms with Crippen LogP contribution in [0.3, 0.4) is 0 Å². The number of benzene rings is 1. The van der Waals surface area contributed by atoms with Crippen LogP contribution < -0.4 is 10.5 Å². The van der Waals surface area contributed by atoms with Gasteiger partial charge >= 0.3 is 0 Å². The topological polar surface area (TPSA) is 35.2 Å². The molecule has 0 unspecified atom stereocenters. The summed E-state index contributed by atoms with van der Waals surface area (Å²) in [5, 5.41) is 0. The lowest BCUT2D eigenvalue weighted by molar-refractivity contribution is 0.411. The lowest BCUT2D eigenvalue weighted by Crippen LogP contribution is -2.10. The van der Waals surface area contributed by atoms with Gasteiger partial charge in [-0.3, -0.25) is 0 Å². The summed E-state index contributed by atoms with van der Waals surface area (Å²) < 4.78 is 5.20. The van der Waals surface area contributed by atoms with Crippen molar-refractivity contribution in [2.75, 3.05) is 7.11 Å². The number of methoxy groups -OCH3 is 1. The molecule has 82 valence electrons. The molecule has 0 fully saturated rings. The van der Waals surface area contributed by atoms with Gasteiger partial charge in [0.25, 0.3) is 0 Å². The van der Waals surface area contributed by atoms with E-state index < -0.39 is 0 Å². The van der Waals surface area contributed by atoms with Crippen LogP contribution in [-0.2, 0) is 0 Å². The van der Waals surface area contributed by atoms with Crippen molar-refractivity contribution in [3.63, 3.8) is 0 Å². The number of hydrogen-bond acceptors (Lipinski definition) is 2. The second-order valence-corrected chi connectivity index (χ2v) is 4.00. The van der Waals surface area contributed by atoms with Crippen LogP contribution >= 0.6 is 0 Å². The Balaban J connectivity index is 2.87. The van der Waals surface area contributed by atoms with Crippen LogP contribution in [-0.4, -0.2) is 7.11 Å². The van der Waals surface area contributed by atoms with Crippen LogP contribution in [0.4, 0.5) is 0 Å². The number of nitrogens with two attached hydrogens (primary N) is 1. The standard InChI is InChI=1S/C13H19NO/c1-9(2)7-12(14)11-5-6-13(15-4)10(3)8-11/h5-6,8,12H,1,7,14H2,2-4H3/t12-/m1/s1. The second-order valence-electron chi connectivity index (χ2n) is 4.00. The van der Waals surface area contributed by atoms with Gasteiger partial charge < -0.3 is 10.5 Å². The summed E-state index contributed by atoms with van der Waals surface area (Å²) in [5.41, 5.74) is 9.42. The van der Waals surface area contributed by atoms with Gasteiger partial charge in [0.15, 0.2) is 0 Å². The smallest absolute Gasteiger partial charge is 0.121 e. The molecule has 0 heterocycles. The van der Waals surface area contributed by atoms with E-state index in [0.29, 0.717) is 0 Å². The molecule has 0 radical (unpaired) electrons. The molecule has 1 aromatic rings. The zero-order chi connectivity index (χ0) is 11.4. The van der Waals surface area contributed by atoms with Crippen molar-refractivity contribution in [2.45, 2.75) is 26.3 Å². The summed E-state index contributed by atoms with van der Waals surface area (Å²) >= 11 is 0. The van der Waals surface area contributed by atoms with Gasteiger partial charge in [0.05, 0.1) is 7.11 Å². The first-order chi connectivity index (χ1) is 7.04. The molecule has 0 aliphatic heterocycles. The molecule has 0 aliphatic rings. The zero-order valence-electron chi connectivity index (χ0n) is 9.71. The Labute approximate surface area is 91.7 Å². The average molecular weight is 205 g/mol. The minimum atomic E-state index is 0.0344.